The number of aromatic nitrogens is 1. The van der Waals surface area contributed by atoms with E-state index in [0.29, 0.717) is 6.54 Å². The van der Waals surface area contributed by atoms with Crippen LogP contribution in [-0.2, 0) is 11.3 Å². The number of carbonyl (C=O) groups excluding carboxylic acids is 1. The van der Waals surface area contributed by atoms with E-state index in [-0.39, 0.29) is 11.9 Å². The molecule has 0 saturated carbocycles. The van der Waals surface area contributed by atoms with Crippen LogP contribution in [0.3, 0.4) is 0 Å². The van der Waals surface area contributed by atoms with Crippen LogP contribution in [0.15, 0.2) is 24.5 Å². The highest BCUT2D eigenvalue weighted by Crippen LogP contribution is 2.02. The summed E-state index contributed by atoms with van der Waals surface area (Å²) in [5, 5.41) is 2.95. The number of amides is 1. The lowest BCUT2D eigenvalue weighted by Crippen LogP contribution is -2.50. The van der Waals surface area contributed by atoms with Crippen molar-refractivity contribution in [3.63, 3.8) is 0 Å². The molecule has 0 bridgehead atoms. The van der Waals surface area contributed by atoms with Gasteiger partial charge in [-0.1, -0.05) is 0 Å². The summed E-state index contributed by atoms with van der Waals surface area (Å²) in [4.78, 5) is 16.4. The topological polar surface area (TPSA) is 40.5 Å². The van der Waals surface area contributed by atoms with E-state index < -0.39 is 0 Å². The Kier molecular flexibility index (Phi) is 5.61. The molecule has 2 rings (SSSR count). The average molecular weight is 278 g/mol. The van der Waals surface area contributed by atoms with Crippen molar-refractivity contribution in [1.29, 1.82) is 0 Å². The van der Waals surface area contributed by atoms with Gasteiger partial charge in [0.05, 0.1) is 6.54 Å². The van der Waals surface area contributed by atoms with Crippen LogP contribution in [0.5, 0.6) is 0 Å². The Bertz CT molecular complexity index is 394. The largest absolute Gasteiger partial charge is 0.353 e. The van der Waals surface area contributed by atoms with Gasteiger partial charge in [-0.25, -0.2) is 0 Å². The molecule has 1 N–H and O–H groups in total. The van der Waals surface area contributed by atoms with Crippen LogP contribution >= 0.6 is 0 Å². The minimum atomic E-state index is 0.140. The molecule has 1 fully saturated rings. The Labute approximate surface area is 121 Å². The van der Waals surface area contributed by atoms with E-state index in [9.17, 15) is 4.79 Å². The molecule has 1 saturated heterocycles. The molecule has 0 atom stereocenters. The SMILES string of the molecule is CC(C)NC(=O)CN1CCN(CCn2cccc2)CC1. The van der Waals surface area contributed by atoms with Crippen LogP contribution in [0.2, 0.25) is 0 Å². The second-order valence-electron chi connectivity index (χ2n) is 5.76. The molecule has 112 valence electrons. The summed E-state index contributed by atoms with van der Waals surface area (Å²) in [6.07, 6.45) is 4.21. The van der Waals surface area contributed by atoms with Gasteiger partial charge < -0.3 is 9.88 Å². The Balaban J connectivity index is 1.63. The van der Waals surface area contributed by atoms with E-state index in [0.717, 1.165) is 39.3 Å². The van der Waals surface area contributed by atoms with Crippen molar-refractivity contribution < 1.29 is 4.79 Å². The second kappa shape index (κ2) is 7.45. The number of hydrogen-bond acceptors (Lipinski definition) is 3. The summed E-state index contributed by atoms with van der Waals surface area (Å²) in [7, 11) is 0. The van der Waals surface area contributed by atoms with Gasteiger partial charge in [-0.05, 0) is 26.0 Å². The van der Waals surface area contributed by atoms with E-state index in [1.54, 1.807) is 0 Å². The molecular formula is C15H26N4O. The van der Waals surface area contributed by atoms with E-state index in [1.165, 1.54) is 0 Å². The molecule has 0 spiro atoms. The molecule has 1 aromatic rings. The van der Waals surface area contributed by atoms with Crippen molar-refractivity contribution in [3.05, 3.63) is 24.5 Å². The minimum Gasteiger partial charge on any atom is -0.353 e. The van der Waals surface area contributed by atoms with Crippen molar-refractivity contribution in [2.45, 2.75) is 26.4 Å². The summed E-state index contributed by atoms with van der Waals surface area (Å²) in [6.45, 7) is 10.7. The molecule has 20 heavy (non-hydrogen) atoms. The van der Waals surface area contributed by atoms with Crippen LogP contribution in [0.25, 0.3) is 0 Å². The summed E-state index contributed by atoms with van der Waals surface area (Å²) in [5.74, 6) is 0.140. The van der Waals surface area contributed by atoms with Crippen molar-refractivity contribution >= 4 is 5.91 Å². The third-order valence-electron chi connectivity index (χ3n) is 3.62. The molecule has 0 aromatic carbocycles. The number of rotatable bonds is 6. The fourth-order valence-corrected chi connectivity index (χ4v) is 2.52. The summed E-state index contributed by atoms with van der Waals surface area (Å²) in [6, 6.07) is 4.35. The molecule has 0 aliphatic carbocycles. The van der Waals surface area contributed by atoms with Gasteiger partial charge in [0.1, 0.15) is 0 Å². The summed E-state index contributed by atoms with van der Waals surface area (Å²) in [5.41, 5.74) is 0. The zero-order chi connectivity index (χ0) is 14.4. The first-order chi connectivity index (χ1) is 9.63. The molecule has 0 radical (unpaired) electrons. The first-order valence-electron chi connectivity index (χ1n) is 7.48. The molecule has 1 aliphatic rings. The van der Waals surface area contributed by atoms with Gasteiger partial charge in [0.15, 0.2) is 0 Å². The minimum absolute atomic E-state index is 0.140. The maximum absolute atomic E-state index is 11.7. The smallest absolute Gasteiger partial charge is 0.234 e. The monoisotopic (exact) mass is 278 g/mol. The lowest BCUT2D eigenvalue weighted by Gasteiger charge is -2.34. The predicted octanol–water partition coefficient (Wildman–Crippen LogP) is 0.630. The highest BCUT2D eigenvalue weighted by Gasteiger charge is 2.18. The van der Waals surface area contributed by atoms with E-state index >= 15 is 0 Å². The van der Waals surface area contributed by atoms with Gasteiger partial charge in [-0.15, -0.1) is 0 Å². The Morgan fingerprint density at radius 1 is 1.05 bits per heavy atom. The average Bonchev–Trinajstić information content (AvgIpc) is 2.90. The van der Waals surface area contributed by atoms with Gasteiger partial charge >= 0.3 is 0 Å². The molecule has 5 nitrogen and oxygen atoms in total. The number of piperazine rings is 1. The van der Waals surface area contributed by atoms with Crippen LogP contribution < -0.4 is 5.32 Å². The van der Waals surface area contributed by atoms with E-state index in [1.807, 2.05) is 13.8 Å². The normalized spacial score (nSPS) is 17.6. The third kappa shape index (κ3) is 4.98. The van der Waals surface area contributed by atoms with E-state index in [2.05, 4.69) is 44.2 Å². The second-order valence-corrected chi connectivity index (χ2v) is 5.76. The van der Waals surface area contributed by atoms with Crippen molar-refractivity contribution in [2.75, 3.05) is 39.3 Å². The molecule has 0 unspecified atom stereocenters. The highest BCUT2D eigenvalue weighted by molar-refractivity contribution is 5.78. The van der Waals surface area contributed by atoms with Crippen LogP contribution in [0.4, 0.5) is 0 Å². The highest BCUT2D eigenvalue weighted by atomic mass is 16.2. The number of nitrogens with zero attached hydrogens (tertiary/aromatic N) is 3. The van der Waals surface area contributed by atoms with Crippen LogP contribution in [-0.4, -0.2) is 65.6 Å². The maximum Gasteiger partial charge on any atom is 0.234 e. The Morgan fingerprint density at radius 3 is 2.25 bits per heavy atom. The van der Waals surface area contributed by atoms with Crippen molar-refractivity contribution in [1.82, 2.24) is 19.7 Å². The molecular weight excluding hydrogens is 252 g/mol. The summed E-state index contributed by atoms with van der Waals surface area (Å²) < 4.78 is 2.21. The van der Waals surface area contributed by atoms with E-state index in [4.69, 9.17) is 0 Å². The predicted molar refractivity (Wildman–Crippen MR) is 80.6 cm³/mol. The quantitative estimate of drug-likeness (QED) is 0.830. The Hall–Kier alpha value is -1.33. The maximum atomic E-state index is 11.7. The molecule has 1 aliphatic heterocycles. The lowest BCUT2D eigenvalue weighted by atomic mass is 10.3. The van der Waals surface area contributed by atoms with Crippen molar-refractivity contribution in [3.8, 4) is 0 Å². The van der Waals surface area contributed by atoms with Gasteiger partial charge in [0.2, 0.25) is 5.91 Å². The fraction of sp³-hybridized carbons (Fsp3) is 0.667. The van der Waals surface area contributed by atoms with Gasteiger partial charge in [-0.2, -0.15) is 0 Å². The van der Waals surface area contributed by atoms with Crippen LogP contribution in [0.1, 0.15) is 13.8 Å². The number of hydrogen-bond donors (Lipinski definition) is 1. The standard InChI is InChI=1S/C15H26N4O/c1-14(2)16-15(20)13-19-11-9-18(10-12-19)8-7-17-5-3-4-6-17/h3-6,14H,7-13H2,1-2H3,(H,16,20). The molecule has 1 amide bonds. The van der Waals surface area contributed by atoms with Gasteiger partial charge in [0.25, 0.3) is 0 Å². The van der Waals surface area contributed by atoms with Crippen LogP contribution in [0, 0.1) is 0 Å². The molecule has 5 heteroatoms. The zero-order valence-electron chi connectivity index (χ0n) is 12.6. The number of nitrogens with one attached hydrogen (secondary N) is 1. The fourth-order valence-electron chi connectivity index (χ4n) is 2.52. The first kappa shape index (κ1) is 15.1. The van der Waals surface area contributed by atoms with Gasteiger partial charge in [0, 0.05) is 57.7 Å². The van der Waals surface area contributed by atoms with Gasteiger partial charge in [-0.3, -0.25) is 14.6 Å². The molecule has 2 heterocycles. The zero-order valence-corrected chi connectivity index (χ0v) is 12.6. The van der Waals surface area contributed by atoms with Crippen molar-refractivity contribution in [2.24, 2.45) is 0 Å². The molecule has 1 aromatic heterocycles. The summed E-state index contributed by atoms with van der Waals surface area (Å²) >= 11 is 0. The Morgan fingerprint density at radius 2 is 1.65 bits per heavy atom. The first-order valence-corrected chi connectivity index (χ1v) is 7.48. The third-order valence-corrected chi connectivity index (χ3v) is 3.62. The number of carbonyl (C=O) groups is 1. The lowest BCUT2D eigenvalue weighted by molar-refractivity contribution is -0.123.